The number of alkyl halides is 3. The van der Waals surface area contributed by atoms with Crippen LogP contribution in [-0.4, -0.2) is 44.1 Å². The van der Waals surface area contributed by atoms with Gasteiger partial charge in [0, 0.05) is 42.9 Å². The molecule has 0 bridgehead atoms. The average molecular weight is 433 g/mol. The first-order valence-corrected chi connectivity index (χ1v) is 9.49. The minimum absolute atomic E-state index is 0.244. The number of imidazole rings is 1. The molecule has 0 amide bonds. The molecule has 3 aromatic rings. The van der Waals surface area contributed by atoms with Gasteiger partial charge >= 0.3 is 18.0 Å². The van der Waals surface area contributed by atoms with Crippen LogP contribution in [0.25, 0.3) is 11.3 Å². The SMILES string of the molecule is O=[N+]([O-])c1cn2c(n1)OCCN(Cc1ccc(-c3ccc(C(F)(F)F)cc3)nc1)CC2. The van der Waals surface area contributed by atoms with E-state index in [1.54, 1.807) is 16.8 Å². The number of fused-ring (bicyclic) bond motifs is 1. The van der Waals surface area contributed by atoms with Crippen molar-refractivity contribution in [1.29, 1.82) is 0 Å². The van der Waals surface area contributed by atoms with Crippen molar-refractivity contribution in [2.75, 3.05) is 19.7 Å². The zero-order valence-electron chi connectivity index (χ0n) is 16.2. The quantitative estimate of drug-likeness (QED) is 0.460. The van der Waals surface area contributed by atoms with E-state index < -0.39 is 16.7 Å². The van der Waals surface area contributed by atoms with E-state index >= 15 is 0 Å². The van der Waals surface area contributed by atoms with Gasteiger partial charge in [-0.25, -0.2) is 0 Å². The van der Waals surface area contributed by atoms with E-state index in [0.29, 0.717) is 44.0 Å². The van der Waals surface area contributed by atoms with Crippen molar-refractivity contribution in [3.8, 4) is 17.3 Å². The van der Waals surface area contributed by atoms with Gasteiger partial charge in [0.2, 0.25) is 0 Å². The summed E-state index contributed by atoms with van der Waals surface area (Å²) < 4.78 is 45.3. The molecule has 0 aliphatic carbocycles. The zero-order valence-corrected chi connectivity index (χ0v) is 16.2. The predicted octanol–water partition coefficient (Wildman–Crippen LogP) is 3.77. The Kier molecular flexibility index (Phi) is 5.59. The minimum Gasteiger partial charge on any atom is -0.444 e. The van der Waals surface area contributed by atoms with Crippen LogP contribution >= 0.6 is 0 Å². The van der Waals surface area contributed by atoms with E-state index in [1.165, 1.54) is 18.3 Å². The van der Waals surface area contributed by atoms with Gasteiger partial charge in [-0.2, -0.15) is 13.2 Å². The third kappa shape index (κ3) is 4.82. The van der Waals surface area contributed by atoms with Gasteiger partial charge in [0.1, 0.15) is 12.8 Å². The molecule has 8 nitrogen and oxygen atoms in total. The molecule has 0 unspecified atom stereocenters. The zero-order chi connectivity index (χ0) is 22.0. The molecule has 1 aliphatic heterocycles. The second-order valence-electron chi connectivity index (χ2n) is 7.08. The van der Waals surface area contributed by atoms with Crippen LogP contribution in [0.5, 0.6) is 6.01 Å². The molecule has 162 valence electrons. The van der Waals surface area contributed by atoms with Crippen LogP contribution in [0.3, 0.4) is 0 Å². The Morgan fingerprint density at radius 2 is 1.87 bits per heavy atom. The summed E-state index contributed by atoms with van der Waals surface area (Å²) >= 11 is 0. The van der Waals surface area contributed by atoms with Crippen molar-refractivity contribution < 1.29 is 22.8 Å². The Hall–Kier alpha value is -3.47. The first-order chi connectivity index (χ1) is 14.8. The number of nitrogens with zero attached hydrogens (tertiary/aromatic N) is 5. The summed E-state index contributed by atoms with van der Waals surface area (Å²) in [4.78, 5) is 20.7. The lowest BCUT2D eigenvalue weighted by molar-refractivity contribution is -0.389. The minimum atomic E-state index is -4.37. The Bertz CT molecular complexity index is 1070. The summed E-state index contributed by atoms with van der Waals surface area (Å²) in [7, 11) is 0. The average Bonchev–Trinajstić information content (AvgIpc) is 3.13. The van der Waals surface area contributed by atoms with Crippen molar-refractivity contribution in [3.63, 3.8) is 0 Å². The molecule has 0 saturated carbocycles. The fraction of sp³-hybridized carbons (Fsp3) is 0.300. The summed E-state index contributed by atoms with van der Waals surface area (Å²) in [5, 5.41) is 10.9. The number of nitro groups is 1. The highest BCUT2D eigenvalue weighted by Crippen LogP contribution is 2.30. The van der Waals surface area contributed by atoms with Crippen LogP contribution in [0, 0.1) is 10.1 Å². The molecule has 0 spiro atoms. The van der Waals surface area contributed by atoms with Gasteiger partial charge in [-0.05, 0) is 28.7 Å². The van der Waals surface area contributed by atoms with Crippen LogP contribution in [0.2, 0.25) is 0 Å². The maximum Gasteiger partial charge on any atom is 0.416 e. The molecular weight excluding hydrogens is 415 g/mol. The Labute approximate surface area is 175 Å². The van der Waals surface area contributed by atoms with Crippen molar-refractivity contribution >= 4 is 5.82 Å². The second kappa shape index (κ2) is 8.34. The van der Waals surface area contributed by atoms with E-state index in [2.05, 4.69) is 14.9 Å². The van der Waals surface area contributed by atoms with Crippen LogP contribution in [0.1, 0.15) is 11.1 Å². The van der Waals surface area contributed by atoms with Crippen LogP contribution in [0.4, 0.5) is 19.0 Å². The molecule has 1 aromatic carbocycles. The second-order valence-corrected chi connectivity index (χ2v) is 7.08. The maximum atomic E-state index is 12.7. The summed E-state index contributed by atoms with van der Waals surface area (Å²) in [5.74, 6) is -0.244. The highest BCUT2D eigenvalue weighted by molar-refractivity contribution is 5.59. The lowest BCUT2D eigenvalue weighted by Gasteiger charge is -2.24. The summed E-state index contributed by atoms with van der Waals surface area (Å²) in [6.07, 6.45) is -1.31. The first kappa shape index (κ1) is 20.8. The van der Waals surface area contributed by atoms with Gasteiger partial charge < -0.3 is 14.9 Å². The molecule has 0 atom stereocenters. The highest BCUT2D eigenvalue weighted by atomic mass is 19.4. The summed E-state index contributed by atoms with van der Waals surface area (Å²) in [6, 6.07) is 8.79. The Morgan fingerprint density at radius 1 is 1.10 bits per heavy atom. The number of hydrogen-bond donors (Lipinski definition) is 0. The molecule has 0 fully saturated rings. The number of halogens is 3. The molecule has 11 heteroatoms. The van der Waals surface area contributed by atoms with E-state index in [9.17, 15) is 23.3 Å². The van der Waals surface area contributed by atoms with Gasteiger partial charge in [-0.1, -0.05) is 18.2 Å². The lowest BCUT2D eigenvalue weighted by atomic mass is 10.1. The number of rotatable bonds is 4. The van der Waals surface area contributed by atoms with Crippen LogP contribution in [-0.2, 0) is 19.3 Å². The van der Waals surface area contributed by atoms with E-state index in [0.717, 1.165) is 17.7 Å². The Balaban J connectivity index is 1.40. The van der Waals surface area contributed by atoms with Crippen LogP contribution in [0.15, 0.2) is 48.8 Å². The lowest BCUT2D eigenvalue weighted by Crippen LogP contribution is -2.33. The summed E-state index contributed by atoms with van der Waals surface area (Å²) in [6.45, 7) is 2.68. The molecule has 3 heterocycles. The molecular formula is C20H18F3N5O3. The molecule has 31 heavy (non-hydrogen) atoms. The molecule has 0 saturated heterocycles. The van der Waals surface area contributed by atoms with Gasteiger partial charge in [0.05, 0.1) is 11.3 Å². The van der Waals surface area contributed by atoms with E-state index in [4.69, 9.17) is 4.74 Å². The fourth-order valence-corrected chi connectivity index (χ4v) is 3.31. The van der Waals surface area contributed by atoms with Crippen molar-refractivity contribution in [3.05, 3.63) is 70.0 Å². The molecule has 0 N–H and O–H groups in total. The third-order valence-electron chi connectivity index (χ3n) is 4.95. The highest BCUT2D eigenvalue weighted by Gasteiger charge is 2.30. The molecule has 2 aromatic heterocycles. The monoisotopic (exact) mass is 433 g/mol. The number of hydrogen-bond acceptors (Lipinski definition) is 6. The van der Waals surface area contributed by atoms with Gasteiger partial charge in [-0.3, -0.25) is 14.5 Å². The van der Waals surface area contributed by atoms with Gasteiger partial charge in [0.15, 0.2) is 0 Å². The normalized spacial score (nSPS) is 14.9. The number of pyridine rings is 1. The largest absolute Gasteiger partial charge is 0.444 e. The smallest absolute Gasteiger partial charge is 0.416 e. The Morgan fingerprint density at radius 3 is 2.52 bits per heavy atom. The fourth-order valence-electron chi connectivity index (χ4n) is 3.31. The number of ether oxygens (including phenoxy) is 1. The number of aromatic nitrogens is 3. The van der Waals surface area contributed by atoms with Crippen LogP contribution < -0.4 is 4.74 Å². The predicted molar refractivity (Wildman–Crippen MR) is 104 cm³/mol. The third-order valence-corrected chi connectivity index (χ3v) is 4.95. The van der Waals surface area contributed by atoms with Gasteiger partial charge in [-0.15, -0.1) is 0 Å². The molecule has 4 rings (SSSR count). The molecule has 0 radical (unpaired) electrons. The summed E-state index contributed by atoms with van der Waals surface area (Å²) in [5.41, 5.74) is 1.43. The standard InChI is InChI=1S/C20H18F3N5O3/c21-20(22,23)16-4-2-15(3-5-16)17-6-1-14(11-24-17)12-26-7-8-27-13-18(28(29)30)25-19(27)31-10-9-26/h1-6,11,13H,7-10,12H2. The van der Waals surface area contributed by atoms with Crippen molar-refractivity contribution in [1.82, 2.24) is 19.4 Å². The van der Waals surface area contributed by atoms with Crippen molar-refractivity contribution in [2.45, 2.75) is 19.3 Å². The van der Waals surface area contributed by atoms with Gasteiger partial charge in [0.25, 0.3) is 0 Å². The van der Waals surface area contributed by atoms with Crippen molar-refractivity contribution in [2.24, 2.45) is 0 Å². The first-order valence-electron chi connectivity index (χ1n) is 9.49. The number of benzene rings is 1. The topological polar surface area (TPSA) is 86.3 Å². The molecule has 1 aliphatic rings. The maximum absolute atomic E-state index is 12.7. The van der Waals surface area contributed by atoms with E-state index in [1.807, 2.05) is 6.07 Å². The van der Waals surface area contributed by atoms with E-state index in [-0.39, 0.29) is 11.8 Å².